The molecule has 0 aromatic heterocycles. The quantitative estimate of drug-likeness (QED) is 0.437. The predicted molar refractivity (Wildman–Crippen MR) is 91.3 cm³/mol. The molecule has 1 N–H and O–H groups in total. The van der Waals surface area contributed by atoms with Gasteiger partial charge in [0.25, 0.3) is 0 Å². The van der Waals surface area contributed by atoms with E-state index in [0.717, 1.165) is 17.4 Å². The Bertz CT molecular complexity index is 413. The van der Waals surface area contributed by atoms with Crippen molar-refractivity contribution in [2.45, 2.75) is 45.6 Å². The first-order valence-corrected chi connectivity index (χ1v) is 8.56. The lowest BCUT2D eigenvalue weighted by Gasteiger charge is -2.10. The van der Waals surface area contributed by atoms with E-state index in [1.807, 2.05) is 0 Å². The van der Waals surface area contributed by atoms with Gasteiger partial charge >= 0.3 is 0 Å². The molecule has 1 aromatic rings. The molecule has 0 saturated carbocycles. The van der Waals surface area contributed by atoms with Gasteiger partial charge in [-0.25, -0.2) is 0 Å². The van der Waals surface area contributed by atoms with Gasteiger partial charge in [-0.15, -0.1) is 0 Å². The van der Waals surface area contributed by atoms with Crippen molar-refractivity contribution in [1.82, 2.24) is 5.32 Å². The molecule has 114 valence electrons. The molecule has 1 aromatic carbocycles. The Labute approximate surface area is 140 Å². The first-order chi connectivity index (χ1) is 9.50. The number of nitrogens with one attached hydrogen (secondary N) is 1. The molecule has 0 bridgehead atoms. The summed E-state index contributed by atoms with van der Waals surface area (Å²) in [6.45, 7) is 6.10. The van der Waals surface area contributed by atoms with Crippen molar-refractivity contribution in [3.8, 4) is 5.75 Å². The Morgan fingerprint density at radius 2 is 1.80 bits per heavy atom. The predicted octanol–water partition coefficient (Wildman–Crippen LogP) is 5.69. The second kappa shape index (κ2) is 9.88. The molecule has 2 nitrogen and oxygen atoms in total. The molecule has 0 aliphatic heterocycles. The smallest absolute Gasteiger partial charge is 0.139 e. The number of hydrogen-bond acceptors (Lipinski definition) is 2. The monoisotopic (exact) mass is 381 g/mol. The number of ether oxygens (including phenoxy) is 1. The van der Waals surface area contributed by atoms with Crippen LogP contribution in [-0.4, -0.2) is 19.2 Å². The molecule has 0 atom stereocenters. The van der Waals surface area contributed by atoms with Crippen LogP contribution < -0.4 is 10.1 Å². The van der Waals surface area contributed by atoms with Gasteiger partial charge in [-0.2, -0.15) is 0 Å². The van der Waals surface area contributed by atoms with Gasteiger partial charge in [0.1, 0.15) is 5.75 Å². The highest BCUT2D eigenvalue weighted by Crippen LogP contribution is 2.34. The van der Waals surface area contributed by atoms with Crippen LogP contribution in [0, 0.1) is 0 Å². The lowest BCUT2D eigenvalue weighted by molar-refractivity contribution is 0.304. The van der Waals surface area contributed by atoms with Crippen molar-refractivity contribution in [3.63, 3.8) is 0 Å². The van der Waals surface area contributed by atoms with E-state index in [9.17, 15) is 0 Å². The molecule has 0 heterocycles. The first-order valence-electron chi connectivity index (χ1n) is 7.01. The summed E-state index contributed by atoms with van der Waals surface area (Å²) >= 11 is 15.4. The number of benzene rings is 1. The minimum absolute atomic E-state index is 0.572. The Balaban J connectivity index is 2.14. The van der Waals surface area contributed by atoms with Crippen LogP contribution >= 0.6 is 39.1 Å². The summed E-state index contributed by atoms with van der Waals surface area (Å²) in [6.07, 6.45) is 4.63. The summed E-state index contributed by atoms with van der Waals surface area (Å²) in [7, 11) is 0. The van der Waals surface area contributed by atoms with Crippen LogP contribution in [-0.2, 0) is 0 Å². The number of unbranched alkanes of at least 4 members (excludes halogenated alkanes) is 3. The molecule has 0 amide bonds. The molecule has 0 spiro atoms. The number of hydrogen-bond donors (Lipinski definition) is 1. The Morgan fingerprint density at radius 1 is 1.10 bits per heavy atom. The zero-order chi connectivity index (χ0) is 15.0. The fourth-order valence-electron chi connectivity index (χ4n) is 1.77. The van der Waals surface area contributed by atoms with Crippen molar-refractivity contribution >= 4 is 39.1 Å². The minimum Gasteiger partial charge on any atom is -0.492 e. The molecule has 0 saturated heterocycles. The highest BCUT2D eigenvalue weighted by atomic mass is 79.9. The lowest BCUT2D eigenvalue weighted by atomic mass is 10.2. The summed E-state index contributed by atoms with van der Waals surface area (Å²) in [4.78, 5) is 0. The van der Waals surface area contributed by atoms with Gasteiger partial charge in [-0.05, 0) is 41.4 Å². The van der Waals surface area contributed by atoms with Gasteiger partial charge in [-0.1, -0.05) is 49.9 Å². The molecule has 0 unspecified atom stereocenters. The maximum atomic E-state index is 6.09. The van der Waals surface area contributed by atoms with Crippen molar-refractivity contribution in [3.05, 3.63) is 26.7 Å². The van der Waals surface area contributed by atoms with Gasteiger partial charge in [0.05, 0.1) is 16.7 Å². The summed E-state index contributed by atoms with van der Waals surface area (Å²) in [5.41, 5.74) is 0. The van der Waals surface area contributed by atoms with E-state index in [1.54, 1.807) is 12.1 Å². The minimum atomic E-state index is 0.572. The standard InChI is InChI=1S/C15H22BrCl2NO/c1-11(2)19-7-5-3-4-6-8-20-15-10-13(17)12(16)9-14(15)18/h9-11,19H,3-8H2,1-2H3. The fourth-order valence-corrected chi connectivity index (χ4v) is 2.62. The summed E-state index contributed by atoms with van der Waals surface area (Å²) in [5.74, 6) is 0.654. The van der Waals surface area contributed by atoms with Gasteiger partial charge in [0.2, 0.25) is 0 Å². The van der Waals surface area contributed by atoms with E-state index in [-0.39, 0.29) is 0 Å². The van der Waals surface area contributed by atoms with Crippen molar-refractivity contribution in [2.75, 3.05) is 13.2 Å². The molecule has 20 heavy (non-hydrogen) atoms. The zero-order valence-corrected chi connectivity index (χ0v) is 15.1. The molecular formula is C15H22BrCl2NO. The van der Waals surface area contributed by atoms with Crippen LogP contribution in [0.2, 0.25) is 10.0 Å². The summed E-state index contributed by atoms with van der Waals surface area (Å²) < 4.78 is 6.45. The largest absolute Gasteiger partial charge is 0.492 e. The van der Waals surface area contributed by atoms with Crippen LogP contribution in [0.3, 0.4) is 0 Å². The first kappa shape index (κ1) is 18.1. The van der Waals surface area contributed by atoms with Crippen molar-refractivity contribution in [1.29, 1.82) is 0 Å². The van der Waals surface area contributed by atoms with E-state index in [1.165, 1.54) is 19.3 Å². The van der Waals surface area contributed by atoms with Crippen LogP contribution in [0.15, 0.2) is 16.6 Å². The van der Waals surface area contributed by atoms with Crippen LogP contribution in [0.1, 0.15) is 39.5 Å². The lowest BCUT2D eigenvalue weighted by Crippen LogP contribution is -2.23. The Morgan fingerprint density at radius 3 is 2.50 bits per heavy atom. The summed E-state index contributed by atoms with van der Waals surface area (Å²) in [6, 6.07) is 4.08. The van der Waals surface area contributed by atoms with Crippen LogP contribution in [0.25, 0.3) is 0 Å². The Kier molecular flexibility index (Phi) is 8.94. The molecule has 1 rings (SSSR count). The van der Waals surface area contributed by atoms with E-state index in [4.69, 9.17) is 27.9 Å². The number of halogens is 3. The molecule has 0 aliphatic rings. The fraction of sp³-hybridized carbons (Fsp3) is 0.600. The third-order valence-electron chi connectivity index (χ3n) is 2.86. The Hall–Kier alpha value is 0.0400. The molecular weight excluding hydrogens is 361 g/mol. The van der Waals surface area contributed by atoms with Gasteiger partial charge in [-0.3, -0.25) is 0 Å². The second-order valence-corrected chi connectivity index (χ2v) is 6.74. The third-order valence-corrected chi connectivity index (χ3v) is 4.35. The van der Waals surface area contributed by atoms with Gasteiger partial charge < -0.3 is 10.1 Å². The second-order valence-electron chi connectivity index (χ2n) is 5.07. The maximum Gasteiger partial charge on any atom is 0.139 e. The van der Waals surface area contributed by atoms with E-state index >= 15 is 0 Å². The number of rotatable bonds is 9. The van der Waals surface area contributed by atoms with E-state index < -0.39 is 0 Å². The molecule has 0 aliphatic carbocycles. The normalized spacial score (nSPS) is 11.1. The summed E-state index contributed by atoms with van der Waals surface area (Å²) in [5, 5.41) is 4.61. The SMILES string of the molecule is CC(C)NCCCCCCOc1cc(Cl)c(Br)cc1Cl. The molecule has 0 fully saturated rings. The van der Waals surface area contributed by atoms with E-state index in [0.29, 0.717) is 28.4 Å². The topological polar surface area (TPSA) is 21.3 Å². The average Bonchev–Trinajstić information content (AvgIpc) is 2.38. The average molecular weight is 383 g/mol. The third kappa shape index (κ3) is 7.16. The zero-order valence-electron chi connectivity index (χ0n) is 12.0. The maximum absolute atomic E-state index is 6.09. The van der Waals surface area contributed by atoms with Crippen LogP contribution in [0.5, 0.6) is 5.75 Å². The highest BCUT2D eigenvalue weighted by Gasteiger charge is 2.06. The van der Waals surface area contributed by atoms with Crippen LogP contribution in [0.4, 0.5) is 0 Å². The van der Waals surface area contributed by atoms with Gasteiger partial charge in [0, 0.05) is 16.6 Å². The molecule has 5 heteroatoms. The van der Waals surface area contributed by atoms with Gasteiger partial charge in [0.15, 0.2) is 0 Å². The van der Waals surface area contributed by atoms with Crippen molar-refractivity contribution < 1.29 is 4.74 Å². The van der Waals surface area contributed by atoms with Crippen molar-refractivity contribution in [2.24, 2.45) is 0 Å². The highest BCUT2D eigenvalue weighted by molar-refractivity contribution is 9.10. The molecule has 0 radical (unpaired) electrons. The van der Waals surface area contributed by atoms with E-state index in [2.05, 4.69) is 35.1 Å².